The molecule has 0 aromatic carbocycles. The summed E-state index contributed by atoms with van der Waals surface area (Å²) in [4.78, 5) is 22.8. The Morgan fingerprint density at radius 2 is 2.20 bits per heavy atom. The van der Waals surface area contributed by atoms with Crippen LogP contribution in [0.25, 0.3) is 0 Å². The summed E-state index contributed by atoms with van der Waals surface area (Å²) in [6, 6.07) is 0. The van der Waals surface area contributed by atoms with Crippen molar-refractivity contribution in [2.45, 2.75) is 24.0 Å². The molecule has 2 aliphatic heterocycles. The zero-order chi connectivity index (χ0) is 11.4. The molecule has 2 atom stereocenters. The Morgan fingerprint density at radius 1 is 1.60 bits per heavy atom. The van der Waals surface area contributed by atoms with E-state index in [1.165, 1.54) is 6.92 Å². The molecule has 82 valence electrons. The maximum absolute atomic E-state index is 11.7. The van der Waals surface area contributed by atoms with Crippen molar-refractivity contribution in [1.29, 1.82) is 0 Å². The van der Waals surface area contributed by atoms with Crippen LogP contribution in [0.15, 0.2) is 11.8 Å². The molecule has 0 aliphatic carbocycles. The summed E-state index contributed by atoms with van der Waals surface area (Å²) in [6.07, 6.45) is 0.989. The first-order valence-corrected chi connectivity index (χ1v) is 5.96. The Kier molecular flexibility index (Phi) is 1.91. The molecule has 0 aromatic rings. The van der Waals surface area contributed by atoms with Crippen LogP contribution in [0.1, 0.15) is 13.3 Å². The van der Waals surface area contributed by atoms with Gasteiger partial charge >= 0.3 is 5.97 Å². The fourth-order valence-corrected chi connectivity index (χ4v) is 3.47. The number of hydrogen-bond acceptors (Lipinski definition) is 4. The van der Waals surface area contributed by atoms with E-state index in [-0.39, 0.29) is 12.1 Å². The third kappa shape index (κ3) is 1.19. The molecule has 2 rings (SSSR count). The van der Waals surface area contributed by atoms with Crippen LogP contribution in [0.3, 0.4) is 0 Å². The first-order chi connectivity index (χ1) is 6.85. The predicted molar refractivity (Wildman–Crippen MR) is 49.4 cm³/mol. The van der Waals surface area contributed by atoms with E-state index in [0.29, 0.717) is 0 Å². The van der Waals surface area contributed by atoms with Crippen LogP contribution in [-0.2, 0) is 19.4 Å². The number of aliphatic carboxylic acids is 1. The highest BCUT2D eigenvalue weighted by atomic mass is 32.2. The molecule has 0 aromatic heterocycles. The molecule has 7 heteroatoms. The van der Waals surface area contributed by atoms with Crippen molar-refractivity contribution in [1.82, 2.24) is 4.90 Å². The molecule has 15 heavy (non-hydrogen) atoms. The molecule has 1 N–H and O–H groups in total. The molecule has 6 nitrogen and oxygen atoms in total. The molecular formula is C8H9NO5S. The van der Waals surface area contributed by atoms with E-state index in [4.69, 9.17) is 5.11 Å². The van der Waals surface area contributed by atoms with Crippen LogP contribution >= 0.6 is 0 Å². The molecule has 0 bridgehead atoms. The van der Waals surface area contributed by atoms with Crippen molar-refractivity contribution >= 4 is 21.7 Å². The maximum Gasteiger partial charge on any atom is 0.352 e. The van der Waals surface area contributed by atoms with Gasteiger partial charge in [0.2, 0.25) is 5.91 Å². The van der Waals surface area contributed by atoms with Crippen molar-refractivity contribution in [3.63, 3.8) is 0 Å². The Balaban J connectivity index is 2.52. The van der Waals surface area contributed by atoms with Crippen molar-refractivity contribution in [3.8, 4) is 0 Å². The van der Waals surface area contributed by atoms with Crippen molar-refractivity contribution in [3.05, 3.63) is 11.8 Å². The molecule has 1 amide bonds. The van der Waals surface area contributed by atoms with Crippen LogP contribution in [0.4, 0.5) is 0 Å². The van der Waals surface area contributed by atoms with Gasteiger partial charge < -0.3 is 5.11 Å². The molecule has 2 aliphatic rings. The van der Waals surface area contributed by atoms with Crippen LogP contribution in [0.2, 0.25) is 0 Å². The van der Waals surface area contributed by atoms with Gasteiger partial charge in [0.15, 0.2) is 9.84 Å². The molecule has 0 spiro atoms. The summed E-state index contributed by atoms with van der Waals surface area (Å²) in [5.74, 6) is -1.72. The van der Waals surface area contributed by atoms with Gasteiger partial charge in [-0.15, -0.1) is 0 Å². The van der Waals surface area contributed by atoms with Crippen LogP contribution in [-0.4, -0.2) is 40.9 Å². The third-order valence-electron chi connectivity index (χ3n) is 2.67. The summed E-state index contributed by atoms with van der Waals surface area (Å²) in [5, 5.41) is 6.98. The topological polar surface area (TPSA) is 91.8 Å². The van der Waals surface area contributed by atoms with E-state index < -0.39 is 32.3 Å². The highest BCUT2D eigenvalue weighted by molar-refractivity contribution is 7.92. The minimum atomic E-state index is -3.44. The molecule has 1 saturated heterocycles. The number of fused-ring (bicyclic) bond motifs is 1. The molecule has 1 unspecified atom stereocenters. The minimum absolute atomic E-state index is 0.114. The van der Waals surface area contributed by atoms with Gasteiger partial charge in [0.05, 0.1) is 11.7 Å². The van der Waals surface area contributed by atoms with Crippen molar-refractivity contribution in [2.24, 2.45) is 0 Å². The van der Waals surface area contributed by atoms with Gasteiger partial charge in [-0.25, -0.2) is 13.2 Å². The van der Waals surface area contributed by atoms with Crippen molar-refractivity contribution < 1.29 is 23.1 Å². The van der Waals surface area contributed by atoms with Gasteiger partial charge in [-0.2, -0.15) is 0 Å². The second-order valence-electron chi connectivity index (χ2n) is 3.57. The van der Waals surface area contributed by atoms with E-state index >= 15 is 0 Å². The Hall–Kier alpha value is -1.37. The molecule has 1 fully saturated rings. The van der Waals surface area contributed by atoms with Gasteiger partial charge in [0.1, 0.15) is 11.1 Å². The lowest BCUT2D eigenvalue weighted by Crippen LogP contribution is -2.60. The lowest BCUT2D eigenvalue weighted by molar-refractivity contribution is -0.146. The molecule has 0 saturated carbocycles. The predicted octanol–water partition coefficient (Wildman–Crippen LogP) is -0.670. The van der Waals surface area contributed by atoms with Crippen LogP contribution < -0.4 is 0 Å². The summed E-state index contributed by atoms with van der Waals surface area (Å²) in [5.41, 5.74) is -0.224. The summed E-state index contributed by atoms with van der Waals surface area (Å²) >= 11 is 0. The largest absolute Gasteiger partial charge is 0.477 e. The summed E-state index contributed by atoms with van der Waals surface area (Å²) in [6.45, 7) is 1.42. The van der Waals surface area contributed by atoms with E-state index in [9.17, 15) is 18.0 Å². The Bertz CT molecular complexity index is 477. The number of carboxylic acids is 1. The first-order valence-electron chi connectivity index (χ1n) is 4.35. The molecule has 2 heterocycles. The zero-order valence-corrected chi connectivity index (χ0v) is 8.69. The van der Waals surface area contributed by atoms with Gasteiger partial charge in [0.25, 0.3) is 0 Å². The number of sulfone groups is 1. The number of β-lactam (4-membered cyclic amide) rings is 1. The second kappa shape index (κ2) is 2.82. The number of hydrogen-bond donors (Lipinski definition) is 1. The quantitative estimate of drug-likeness (QED) is 0.604. The van der Waals surface area contributed by atoms with Gasteiger partial charge in [-0.3, -0.25) is 9.69 Å². The van der Waals surface area contributed by atoms with E-state index in [0.717, 1.165) is 11.0 Å². The van der Waals surface area contributed by atoms with E-state index in [2.05, 4.69) is 0 Å². The van der Waals surface area contributed by atoms with E-state index in [1.54, 1.807) is 0 Å². The highest BCUT2D eigenvalue weighted by Crippen LogP contribution is 2.35. The zero-order valence-electron chi connectivity index (χ0n) is 7.87. The van der Waals surface area contributed by atoms with Gasteiger partial charge in [-0.05, 0) is 13.0 Å². The molecule has 0 radical (unpaired) electrons. The first kappa shape index (κ1) is 10.2. The minimum Gasteiger partial charge on any atom is -0.477 e. The standard InChI is InChI=1S/C8H9NO5S/c1-4-2-5(8(11)12)9-6(10)3-7(9)15(4,13)14/h2,4,7H,3H2,1H3,(H,11,12)/t4?,7-/m1/s1. The number of carbonyl (C=O) groups excluding carboxylic acids is 1. The lowest BCUT2D eigenvalue weighted by Gasteiger charge is -2.43. The summed E-state index contributed by atoms with van der Waals surface area (Å²) in [7, 11) is -3.44. The monoisotopic (exact) mass is 231 g/mol. The maximum atomic E-state index is 11.7. The average Bonchev–Trinajstić information content (AvgIpc) is 2.10. The van der Waals surface area contributed by atoms with Gasteiger partial charge in [-0.1, -0.05) is 0 Å². The number of nitrogens with zero attached hydrogens (tertiary/aromatic N) is 1. The fourth-order valence-electron chi connectivity index (χ4n) is 1.76. The van der Waals surface area contributed by atoms with Gasteiger partial charge in [0, 0.05) is 0 Å². The second-order valence-corrected chi connectivity index (χ2v) is 6.04. The average molecular weight is 231 g/mol. The van der Waals surface area contributed by atoms with Crippen LogP contribution in [0.5, 0.6) is 0 Å². The number of amides is 1. The molecular weight excluding hydrogens is 222 g/mol. The number of rotatable bonds is 1. The van der Waals surface area contributed by atoms with Crippen LogP contribution in [0, 0.1) is 0 Å². The normalized spacial score (nSPS) is 32.7. The Labute approximate surface area is 86.1 Å². The number of carboxylic acid groups (broad SMARTS) is 1. The summed E-state index contributed by atoms with van der Waals surface area (Å²) < 4.78 is 23.3. The lowest BCUT2D eigenvalue weighted by atomic mass is 10.1. The Morgan fingerprint density at radius 3 is 2.67 bits per heavy atom. The SMILES string of the molecule is CC1C=C(C(=O)O)N2C(=O)C[C@H]2S1(=O)=O. The van der Waals surface area contributed by atoms with E-state index in [1.807, 2.05) is 0 Å². The number of carbonyl (C=O) groups is 2. The smallest absolute Gasteiger partial charge is 0.352 e. The third-order valence-corrected chi connectivity index (χ3v) is 4.98. The highest BCUT2D eigenvalue weighted by Gasteiger charge is 2.52. The fraction of sp³-hybridized carbons (Fsp3) is 0.500. The van der Waals surface area contributed by atoms with Crippen molar-refractivity contribution in [2.75, 3.05) is 0 Å².